The van der Waals surface area contributed by atoms with E-state index in [9.17, 15) is 13.2 Å². The average Bonchev–Trinajstić information content (AvgIpc) is 3.06. The van der Waals surface area contributed by atoms with Crippen LogP contribution in [-0.4, -0.2) is 19.3 Å². The van der Waals surface area contributed by atoms with Crippen molar-refractivity contribution < 1.29 is 13.2 Å². The predicted molar refractivity (Wildman–Crippen MR) is 110 cm³/mol. The van der Waals surface area contributed by atoms with E-state index >= 15 is 0 Å². The molecule has 144 valence electrons. The van der Waals surface area contributed by atoms with Crippen LogP contribution in [0.15, 0.2) is 72.1 Å². The van der Waals surface area contributed by atoms with Crippen molar-refractivity contribution in [3.8, 4) is 0 Å². The van der Waals surface area contributed by atoms with Crippen molar-refractivity contribution in [2.24, 2.45) is 0 Å². The number of nitrogens with zero attached hydrogens (tertiary/aromatic N) is 1. The number of benzene rings is 2. The van der Waals surface area contributed by atoms with Gasteiger partial charge in [-0.1, -0.05) is 66.4 Å². The van der Waals surface area contributed by atoms with Crippen LogP contribution in [0.2, 0.25) is 0 Å². The van der Waals surface area contributed by atoms with Gasteiger partial charge in [-0.25, -0.2) is 13.4 Å². The molecule has 0 atom stereocenters. The van der Waals surface area contributed by atoms with Crippen LogP contribution in [0.5, 0.6) is 0 Å². The first-order chi connectivity index (χ1) is 13.4. The summed E-state index contributed by atoms with van der Waals surface area (Å²) in [7, 11) is -3.77. The van der Waals surface area contributed by atoms with Crippen LogP contribution in [0.4, 0.5) is 5.13 Å². The number of hydrogen-bond acceptors (Lipinski definition) is 6. The van der Waals surface area contributed by atoms with Gasteiger partial charge in [0.15, 0.2) is 5.13 Å². The van der Waals surface area contributed by atoms with Crippen LogP contribution >= 0.6 is 11.3 Å². The zero-order chi connectivity index (χ0) is 20.1. The first-order valence-electron chi connectivity index (χ1n) is 8.23. The van der Waals surface area contributed by atoms with Crippen LogP contribution in [0.1, 0.15) is 20.9 Å². The van der Waals surface area contributed by atoms with E-state index < -0.39 is 15.9 Å². The number of thiazole rings is 1. The molecule has 0 spiro atoms. The minimum atomic E-state index is -3.77. The van der Waals surface area contributed by atoms with Gasteiger partial charge in [-0.15, -0.1) is 0 Å². The van der Waals surface area contributed by atoms with Gasteiger partial charge < -0.3 is 0 Å². The number of nitrogens with one attached hydrogen (secondary N) is 3. The Kier molecular flexibility index (Phi) is 5.76. The quantitative estimate of drug-likeness (QED) is 0.516. The highest BCUT2D eigenvalue weighted by molar-refractivity contribution is 7.93. The number of sulfonamides is 1. The smallest absolute Gasteiger partial charge is 0.281 e. The van der Waals surface area contributed by atoms with Crippen molar-refractivity contribution in [1.29, 1.82) is 0 Å². The normalized spacial score (nSPS) is 10.9. The fourth-order valence-electron chi connectivity index (χ4n) is 2.32. The zero-order valence-electron chi connectivity index (χ0n) is 15.0. The molecule has 28 heavy (non-hydrogen) atoms. The summed E-state index contributed by atoms with van der Waals surface area (Å²) >= 11 is 0.954. The molecule has 0 aliphatic rings. The lowest BCUT2D eigenvalue weighted by Gasteiger charge is -2.10. The fourth-order valence-corrected chi connectivity index (χ4v) is 4.44. The summed E-state index contributed by atoms with van der Waals surface area (Å²) in [5.41, 5.74) is 7.08. The van der Waals surface area contributed by atoms with Gasteiger partial charge in [0.2, 0.25) is 0 Å². The minimum Gasteiger partial charge on any atom is -0.298 e. The molecule has 0 radical (unpaired) electrons. The Morgan fingerprint density at radius 2 is 1.61 bits per heavy atom. The van der Waals surface area contributed by atoms with Crippen molar-refractivity contribution in [3.05, 3.63) is 83.4 Å². The highest BCUT2D eigenvalue weighted by Crippen LogP contribution is 2.25. The number of anilines is 1. The largest absolute Gasteiger partial charge is 0.298 e. The molecule has 0 fully saturated rings. The van der Waals surface area contributed by atoms with Gasteiger partial charge >= 0.3 is 0 Å². The molecular formula is C19H18N4O3S2. The lowest BCUT2D eigenvalue weighted by atomic mass is 10.2. The third-order valence-electron chi connectivity index (χ3n) is 3.73. The monoisotopic (exact) mass is 414 g/mol. The van der Waals surface area contributed by atoms with E-state index in [-0.39, 0.29) is 10.0 Å². The molecule has 0 aliphatic carbocycles. The second-order valence-corrected chi connectivity index (χ2v) is 8.46. The SMILES string of the molecule is C=C(NNC(=O)c1sc(NS(=O)(=O)c2ccccc2)nc1C)c1ccccc1. The minimum absolute atomic E-state index is 0.119. The second kappa shape index (κ2) is 8.24. The molecule has 0 saturated heterocycles. The molecule has 7 nitrogen and oxygen atoms in total. The van der Waals surface area contributed by atoms with E-state index in [0.717, 1.165) is 16.9 Å². The summed E-state index contributed by atoms with van der Waals surface area (Å²) in [5.74, 6) is -0.433. The summed E-state index contributed by atoms with van der Waals surface area (Å²) in [6, 6.07) is 17.3. The first kappa shape index (κ1) is 19.6. The van der Waals surface area contributed by atoms with Crippen molar-refractivity contribution in [1.82, 2.24) is 15.8 Å². The molecule has 0 aliphatic heterocycles. The van der Waals surface area contributed by atoms with Gasteiger partial charge in [0.1, 0.15) is 4.88 Å². The molecule has 2 aromatic carbocycles. The lowest BCUT2D eigenvalue weighted by Crippen LogP contribution is -2.35. The van der Waals surface area contributed by atoms with E-state index in [1.807, 2.05) is 30.3 Å². The third kappa shape index (κ3) is 4.56. The van der Waals surface area contributed by atoms with E-state index in [2.05, 4.69) is 27.1 Å². The molecule has 1 aromatic heterocycles. The molecular weight excluding hydrogens is 396 g/mol. The van der Waals surface area contributed by atoms with Crippen LogP contribution < -0.4 is 15.6 Å². The average molecular weight is 415 g/mol. The van der Waals surface area contributed by atoms with Gasteiger partial charge in [-0.05, 0) is 24.6 Å². The maximum Gasteiger partial charge on any atom is 0.281 e. The Hall–Kier alpha value is -3.17. The van der Waals surface area contributed by atoms with Gasteiger partial charge in [-0.2, -0.15) is 0 Å². The molecule has 9 heteroatoms. The summed E-state index contributed by atoms with van der Waals surface area (Å²) in [5, 5.41) is 0.119. The van der Waals surface area contributed by atoms with Crippen LogP contribution in [0, 0.1) is 6.92 Å². The van der Waals surface area contributed by atoms with E-state index in [1.54, 1.807) is 25.1 Å². The van der Waals surface area contributed by atoms with Gasteiger partial charge in [0.05, 0.1) is 16.3 Å². The number of aryl methyl sites for hydroxylation is 1. The van der Waals surface area contributed by atoms with Crippen LogP contribution in [0.25, 0.3) is 5.70 Å². The zero-order valence-corrected chi connectivity index (χ0v) is 16.6. The van der Waals surface area contributed by atoms with Crippen molar-refractivity contribution in [2.45, 2.75) is 11.8 Å². The number of aromatic nitrogens is 1. The second-order valence-electron chi connectivity index (χ2n) is 5.78. The van der Waals surface area contributed by atoms with Crippen LogP contribution in [0.3, 0.4) is 0 Å². The Labute approximate surface area is 167 Å². The van der Waals surface area contributed by atoms with E-state index in [4.69, 9.17) is 0 Å². The van der Waals surface area contributed by atoms with Gasteiger partial charge in [0, 0.05) is 0 Å². The number of hydrazine groups is 1. The molecule has 0 unspecified atom stereocenters. The highest BCUT2D eigenvalue weighted by atomic mass is 32.2. The Morgan fingerprint density at radius 1 is 1.00 bits per heavy atom. The Morgan fingerprint density at radius 3 is 2.25 bits per heavy atom. The van der Waals surface area contributed by atoms with Gasteiger partial charge in [-0.3, -0.25) is 20.4 Å². The molecule has 0 bridgehead atoms. The third-order valence-corrected chi connectivity index (χ3v) is 6.28. The summed E-state index contributed by atoms with van der Waals surface area (Å²) < 4.78 is 27.2. The number of amides is 1. The Balaban J connectivity index is 1.68. The lowest BCUT2D eigenvalue weighted by molar-refractivity contribution is 0.0945. The number of rotatable bonds is 7. The number of hydrogen-bond donors (Lipinski definition) is 3. The molecule has 1 amide bonds. The molecule has 0 saturated carbocycles. The predicted octanol–water partition coefficient (Wildman–Crippen LogP) is 3.16. The molecule has 3 N–H and O–H groups in total. The van der Waals surface area contributed by atoms with E-state index in [0.29, 0.717) is 16.3 Å². The van der Waals surface area contributed by atoms with Gasteiger partial charge in [0.25, 0.3) is 15.9 Å². The fraction of sp³-hybridized carbons (Fsp3) is 0.0526. The van der Waals surface area contributed by atoms with Crippen molar-refractivity contribution in [2.75, 3.05) is 4.72 Å². The number of carbonyl (C=O) groups is 1. The van der Waals surface area contributed by atoms with Crippen molar-refractivity contribution in [3.63, 3.8) is 0 Å². The maximum atomic E-state index is 12.4. The molecule has 3 aromatic rings. The first-order valence-corrected chi connectivity index (χ1v) is 10.5. The maximum absolute atomic E-state index is 12.4. The summed E-state index contributed by atoms with van der Waals surface area (Å²) in [6.07, 6.45) is 0. The van der Waals surface area contributed by atoms with Crippen molar-refractivity contribution >= 4 is 38.1 Å². The highest BCUT2D eigenvalue weighted by Gasteiger charge is 2.20. The molecule has 3 rings (SSSR count). The molecule has 1 heterocycles. The van der Waals surface area contributed by atoms with E-state index in [1.165, 1.54) is 12.1 Å². The topological polar surface area (TPSA) is 100 Å². The standard InChI is InChI=1S/C19H18N4O3S2/c1-13(15-9-5-3-6-10-15)21-22-18(24)17-14(2)20-19(27-17)23-28(25,26)16-11-7-4-8-12-16/h3-12,21H,1H2,2H3,(H,20,23)(H,22,24). The van der Waals surface area contributed by atoms with Crippen LogP contribution in [-0.2, 0) is 10.0 Å². The summed E-state index contributed by atoms with van der Waals surface area (Å²) in [4.78, 5) is 17.0. The summed E-state index contributed by atoms with van der Waals surface area (Å²) in [6.45, 7) is 5.51. The Bertz CT molecular complexity index is 1090. The number of carbonyl (C=O) groups excluding carboxylic acids is 1.